The van der Waals surface area contributed by atoms with E-state index in [4.69, 9.17) is 0 Å². The molecule has 0 fully saturated rings. The molecule has 1 rings (SSSR count). The topological polar surface area (TPSA) is 17.1 Å². The van der Waals surface area contributed by atoms with Crippen molar-refractivity contribution in [3.05, 3.63) is 11.6 Å². The summed E-state index contributed by atoms with van der Waals surface area (Å²) < 4.78 is 0. The van der Waals surface area contributed by atoms with E-state index in [0.29, 0.717) is 0 Å². The molecule has 0 aliphatic carbocycles. The lowest BCUT2D eigenvalue weighted by atomic mass is 10.1. The minimum absolute atomic E-state index is 0.190. The van der Waals surface area contributed by atoms with E-state index in [1.165, 1.54) is 5.57 Å². The summed E-state index contributed by atoms with van der Waals surface area (Å²) in [6, 6.07) is 0. The van der Waals surface area contributed by atoms with Crippen molar-refractivity contribution < 1.29 is 4.79 Å². The Balaban J connectivity index is 2.66. The second kappa shape index (κ2) is 3.24. The maximum absolute atomic E-state index is 11.1. The van der Waals surface area contributed by atoms with Crippen LogP contribution in [-0.4, -0.2) is 16.8 Å². The Morgan fingerprint density at radius 2 is 2.50 bits per heavy atom. The predicted molar refractivity (Wildman–Crippen MR) is 45.3 cm³/mol. The highest BCUT2D eigenvalue weighted by Crippen LogP contribution is 2.22. The second-order valence-corrected chi connectivity index (χ2v) is 3.84. The normalized spacial score (nSPS) is 26.4. The molecule has 1 heterocycles. The van der Waals surface area contributed by atoms with E-state index in [1.807, 2.05) is 6.92 Å². The highest BCUT2D eigenvalue weighted by Gasteiger charge is 2.16. The molecule has 1 atom stereocenters. The highest BCUT2D eigenvalue weighted by molar-refractivity contribution is 8.00. The monoisotopic (exact) mass is 156 g/mol. The van der Waals surface area contributed by atoms with E-state index in [2.05, 4.69) is 6.92 Å². The average molecular weight is 156 g/mol. The molecule has 1 unspecified atom stereocenters. The Bertz CT molecular complexity index is 172. The van der Waals surface area contributed by atoms with Gasteiger partial charge in [-0.1, -0.05) is 12.5 Å². The Morgan fingerprint density at radius 3 is 3.00 bits per heavy atom. The zero-order valence-electron chi connectivity index (χ0n) is 6.39. The molecule has 0 N–H and O–H groups in total. The lowest BCUT2D eigenvalue weighted by Gasteiger charge is -2.15. The van der Waals surface area contributed by atoms with Crippen molar-refractivity contribution in [1.29, 1.82) is 0 Å². The van der Waals surface area contributed by atoms with Crippen molar-refractivity contribution in [3.63, 3.8) is 0 Å². The van der Waals surface area contributed by atoms with Crippen molar-refractivity contribution in [2.75, 3.05) is 5.75 Å². The van der Waals surface area contributed by atoms with Gasteiger partial charge in [0.1, 0.15) is 0 Å². The van der Waals surface area contributed by atoms with Crippen LogP contribution >= 0.6 is 11.8 Å². The summed E-state index contributed by atoms with van der Waals surface area (Å²) in [5, 5.41) is 0.190. The van der Waals surface area contributed by atoms with Crippen molar-refractivity contribution >= 4 is 17.5 Å². The molecule has 2 heteroatoms. The first kappa shape index (κ1) is 7.86. The molecule has 0 saturated heterocycles. The number of allylic oxidation sites excluding steroid dienone is 1. The molecule has 1 aliphatic rings. The fraction of sp³-hybridized carbons (Fsp3) is 0.625. The molecule has 1 aliphatic heterocycles. The van der Waals surface area contributed by atoms with E-state index >= 15 is 0 Å². The third-order valence-electron chi connectivity index (χ3n) is 1.72. The molecule has 0 saturated carbocycles. The minimum Gasteiger partial charge on any atom is -0.294 e. The van der Waals surface area contributed by atoms with Gasteiger partial charge in [-0.05, 0) is 19.4 Å². The second-order valence-electron chi connectivity index (χ2n) is 2.51. The standard InChI is InChI=1S/C8H12OS/c1-3-7-4-8(9)6(2)10-5-7/h4,6H,3,5H2,1-2H3. The molecule has 0 aromatic rings. The lowest BCUT2D eigenvalue weighted by Crippen LogP contribution is -2.16. The zero-order valence-corrected chi connectivity index (χ0v) is 7.20. The minimum atomic E-state index is 0.190. The van der Waals surface area contributed by atoms with Crippen LogP contribution in [0.15, 0.2) is 11.6 Å². The summed E-state index contributed by atoms with van der Waals surface area (Å²) >= 11 is 1.74. The third-order valence-corrected chi connectivity index (χ3v) is 2.99. The molecule has 1 nitrogen and oxygen atoms in total. The molecule has 0 radical (unpaired) electrons. The van der Waals surface area contributed by atoms with Crippen LogP contribution in [0, 0.1) is 0 Å². The number of rotatable bonds is 1. The number of carbonyl (C=O) groups is 1. The van der Waals surface area contributed by atoms with Crippen LogP contribution in [0.2, 0.25) is 0 Å². The van der Waals surface area contributed by atoms with Crippen LogP contribution in [0.25, 0.3) is 0 Å². The quantitative estimate of drug-likeness (QED) is 0.578. The SMILES string of the molecule is CCC1=CC(=O)C(C)SC1. The lowest BCUT2D eigenvalue weighted by molar-refractivity contribution is -0.114. The van der Waals surface area contributed by atoms with Crippen molar-refractivity contribution in [2.24, 2.45) is 0 Å². The van der Waals surface area contributed by atoms with E-state index in [0.717, 1.165) is 12.2 Å². The maximum atomic E-state index is 11.1. The van der Waals surface area contributed by atoms with Gasteiger partial charge in [0.15, 0.2) is 5.78 Å². The fourth-order valence-electron chi connectivity index (χ4n) is 0.879. The summed E-state index contributed by atoms with van der Waals surface area (Å²) in [5.74, 6) is 1.33. The molecule has 0 aromatic carbocycles. The third kappa shape index (κ3) is 1.63. The van der Waals surface area contributed by atoms with Gasteiger partial charge in [0, 0.05) is 5.75 Å². The fourth-order valence-corrected chi connectivity index (χ4v) is 1.86. The number of hydrogen-bond donors (Lipinski definition) is 0. The van der Waals surface area contributed by atoms with Gasteiger partial charge in [-0.3, -0.25) is 4.79 Å². The van der Waals surface area contributed by atoms with E-state index in [1.54, 1.807) is 17.8 Å². The summed E-state index contributed by atoms with van der Waals surface area (Å²) in [6.07, 6.45) is 2.83. The molecule has 0 aromatic heterocycles. The van der Waals surface area contributed by atoms with Crippen LogP contribution < -0.4 is 0 Å². The number of thioether (sulfide) groups is 1. The highest BCUT2D eigenvalue weighted by atomic mass is 32.2. The summed E-state index contributed by atoms with van der Waals surface area (Å²) in [5.41, 5.74) is 1.29. The predicted octanol–water partition coefficient (Wildman–Crippen LogP) is 2.03. The summed E-state index contributed by atoms with van der Waals surface area (Å²) in [6.45, 7) is 4.06. The Hall–Kier alpha value is -0.240. The van der Waals surface area contributed by atoms with Gasteiger partial charge in [0.05, 0.1) is 5.25 Å². The summed E-state index contributed by atoms with van der Waals surface area (Å²) in [4.78, 5) is 11.1. The van der Waals surface area contributed by atoms with Gasteiger partial charge in [0.25, 0.3) is 0 Å². The first-order chi connectivity index (χ1) is 4.74. The van der Waals surface area contributed by atoms with Crippen molar-refractivity contribution in [1.82, 2.24) is 0 Å². The van der Waals surface area contributed by atoms with Crippen molar-refractivity contribution in [3.8, 4) is 0 Å². The smallest absolute Gasteiger partial charge is 0.168 e. The van der Waals surface area contributed by atoms with Gasteiger partial charge in [-0.15, -0.1) is 11.8 Å². The molecular formula is C8H12OS. The van der Waals surface area contributed by atoms with Gasteiger partial charge < -0.3 is 0 Å². The Kier molecular flexibility index (Phi) is 2.55. The molecular weight excluding hydrogens is 144 g/mol. The Morgan fingerprint density at radius 1 is 1.80 bits per heavy atom. The first-order valence-electron chi connectivity index (χ1n) is 3.59. The van der Waals surface area contributed by atoms with Crippen LogP contribution in [0.1, 0.15) is 20.3 Å². The number of hydrogen-bond acceptors (Lipinski definition) is 2. The van der Waals surface area contributed by atoms with Gasteiger partial charge >= 0.3 is 0 Å². The molecule has 0 bridgehead atoms. The summed E-state index contributed by atoms with van der Waals surface area (Å²) in [7, 11) is 0. The van der Waals surface area contributed by atoms with Crippen LogP contribution in [0.4, 0.5) is 0 Å². The largest absolute Gasteiger partial charge is 0.294 e. The van der Waals surface area contributed by atoms with Crippen LogP contribution in [0.5, 0.6) is 0 Å². The average Bonchev–Trinajstić information content (AvgIpc) is 1.95. The van der Waals surface area contributed by atoms with Crippen molar-refractivity contribution in [2.45, 2.75) is 25.5 Å². The molecule has 0 amide bonds. The van der Waals surface area contributed by atoms with E-state index < -0.39 is 0 Å². The van der Waals surface area contributed by atoms with Gasteiger partial charge in [0.2, 0.25) is 0 Å². The maximum Gasteiger partial charge on any atom is 0.168 e. The molecule has 0 spiro atoms. The van der Waals surface area contributed by atoms with Gasteiger partial charge in [-0.2, -0.15) is 0 Å². The van der Waals surface area contributed by atoms with Crippen LogP contribution in [-0.2, 0) is 4.79 Å². The zero-order chi connectivity index (χ0) is 7.56. The van der Waals surface area contributed by atoms with E-state index in [-0.39, 0.29) is 11.0 Å². The molecule has 10 heavy (non-hydrogen) atoms. The number of ketones is 1. The molecule has 56 valence electrons. The Labute approximate surface area is 65.9 Å². The number of carbonyl (C=O) groups excluding carboxylic acids is 1. The van der Waals surface area contributed by atoms with Crippen LogP contribution in [0.3, 0.4) is 0 Å². The van der Waals surface area contributed by atoms with E-state index in [9.17, 15) is 4.79 Å². The van der Waals surface area contributed by atoms with Gasteiger partial charge in [-0.25, -0.2) is 0 Å². The first-order valence-corrected chi connectivity index (χ1v) is 4.63.